The van der Waals surface area contributed by atoms with E-state index in [1.54, 1.807) is 31.2 Å². The molecule has 0 spiro atoms. The van der Waals surface area contributed by atoms with E-state index in [0.29, 0.717) is 33.4 Å². The first-order chi connectivity index (χ1) is 17.0. The number of alkyl halides is 3. The molecule has 0 unspecified atom stereocenters. The molecule has 0 heterocycles. The molecule has 7 nitrogen and oxygen atoms in total. The topological polar surface area (TPSA) is 86.8 Å². The van der Waals surface area contributed by atoms with Gasteiger partial charge in [-0.3, -0.25) is 13.9 Å². The second-order valence-corrected chi connectivity index (χ2v) is 11.3. The van der Waals surface area contributed by atoms with Crippen LogP contribution in [0.1, 0.15) is 38.3 Å². The van der Waals surface area contributed by atoms with Crippen molar-refractivity contribution in [1.82, 2.24) is 10.2 Å². The maximum Gasteiger partial charge on any atom is 0.416 e. The van der Waals surface area contributed by atoms with Gasteiger partial charge < -0.3 is 10.2 Å². The van der Waals surface area contributed by atoms with E-state index in [0.717, 1.165) is 17.2 Å². The van der Waals surface area contributed by atoms with Gasteiger partial charge in [0.05, 0.1) is 22.5 Å². The number of anilines is 1. The van der Waals surface area contributed by atoms with Gasteiger partial charge in [-0.25, -0.2) is 8.42 Å². The second-order valence-electron chi connectivity index (χ2n) is 8.58. The van der Waals surface area contributed by atoms with E-state index >= 15 is 0 Å². The summed E-state index contributed by atoms with van der Waals surface area (Å²) in [5.41, 5.74) is -1.04. The van der Waals surface area contributed by atoms with Crippen LogP contribution in [0.4, 0.5) is 18.9 Å². The van der Waals surface area contributed by atoms with Crippen molar-refractivity contribution in [2.75, 3.05) is 17.1 Å². The van der Waals surface area contributed by atoms with Gasteiger partial charge in [-0.1, -0.05) is 42.3 Å². The third-order valence-corrected chi connectivity index (χ3v) is 7.35. The fraction of sp³-hybridized carbons (Fsp3) is 0.417. The van der Waals surface area contributed by atoms with Gasteiger partial charge in [0.25, 0.3) is 0 Å². The van der Waals surface area contributed by atoms with Crippen LogP contribution in [0, 0.1) is 0 Å². The Labute approximate surface area is 224 Å². The predicted molar refractivity (Wildman–Crippen MR) is 138 cm³/mol. The molecule has 204 valence electrons. The van der Waals surface area contributed by atoms with Gasteiger partial charge in [0.2, 0.25) is 21.8 Å². The van der Waals surface area contributed by atoms with Crippen LogP contribution in [0.15, 0.2) is 42.5 Å². The number of rotatable bonds is 10. The molecule has 0 radical (unpaired) electrons. The van der Waals surface area contributed by atoms with Crippen molar-refractivity contribution in [3.8, 4) is 0 Å². The van der Waals surface area contributed by atoms with Gasteiger partial charge in [-0.15, -0.1) is 0 Å². The molecule has 0 saturated heterocycles. The van der Waals surface area contributed by atoms with Crippen molar-refractivity contribution >= 4 is 50.7 Å². The average molecular weight is 582 g/mol. The summed E-state index contributed by atoms with van der Waals surface area (Å²) in [6, 6.07) is 7.44. The smallest absolute Gasteiger partial charge is 0.352 e. The fourth-order valence-corrected chi connectivity index (χ4v) is 4.56. The van der Waals surface area contributed by atoms with Gasteiger partial charge in [-0.05, 0) is 56.2 Å². The summed E-state index contributed by atoms with van der Waals surface area (Å²) in [4.78, 5) is 27.5. The summed E-state index contributed by atoms with van der Waals surface area (Å²) < 4.78 is 65.6. The number of nitrogens with one attached hydrogen (secondary N) is 1. The van der Waals surface area contributed by atoms with Crippen LogP contribution in [-0.2, 0) is 32.3 Å². The van der Waals surface area contributed by atoms with Crippen molar-refractivity contribution in [3.63, 3.8) is 0 Å². The Hall–Kier alpha value is -2.50. The van der Waals surface area contributed by atoms with Crippen LogP contribution in [-0.4, -0.2) is 50.0 Å². The minimum Gasteiger partial charge on any atom is -0.352 e. The molecule has 0 aromatic heterocycles. The first-order valence-electron chi connectivity index (χ1n) is 11.2. The Kier molecular flexibility index (Phi) is 10.3. The maximum atomic E-state index is 13.5. The summed E-state index contributed by atoms with van der Waals surface area (Å²) in [6.45, 7) is 4.17. The molecule has 2 atom stereocenters. The molecule has 0 saturated carbocycles. The van der Waals surface area contributed by atoms with Crippen molar-refractivity contribution < 1.29 is 31.2 Å². The lowest BCUT2D eigenvalue weighted by Crippen LogP contribution is -2.52. The first kappa shape index (κ1) is 30.7. The fourth-order valence-electron chi connectivity index (χ4n) is 3.31. The highest BCUT2D eigenvalue weighted by Gasteiger charge is 2.34. The third-order valence-electron chi connectivity index (χ3n) is 5.66. The number of amides is 2. The Morgan fingerprint density at radius 1 is 1.05 bits per heavy atom. The Bertz CT molecular complexity index is 1220. The van der Waals surface area contributed by atoms with E-state index in [1.807, 2.05) is 6.92 Å². The molecule has 2 aromatic carbocycles. The number of sulfonamides is 1. The zero-order chi connectivity index (χ0) is 28.1. The van der Waals surface area contributed by atoms with Crippen molar-refractivity contribution in [1.29, 1.82) is 0 Å². The quantitative estimate of drug-likeness (QED) is 0.422. The number of hydrogen-bond acceptors (Lipinski definition) is 4. The van der Waals surface area contributed by atoms with Gasteiger partial charge in [0.1, 0.15) is 12.6 Å². The van der Waals surface area contributed by atoms with E-state index in [-0.39, 0.29) is 17.6 Å². The molecule has 0 aliphatic carbocycles. The summed E-state index contributed by atoms with van der Waals surface area (Å²) in [6.07, 6.45) is -3.38. The summed E-state index contributed by atoms with van der Waals surface area (Å²) in [5.74, 6) is -1.29. The third kappa shape index (κ3) is 8.51. The predicted octanol–water partition coefficient (Wildman–Crippen LogP) is 5.11. The van der Waals surface area contributed by atoms with Crippen LogP contribution in [0.5, 0.6) is 0 Å². The highest BCUT2D eigenvalue weighted by molar-refractivity contribution is 7.92. The molecule has 0 aliphatic rings. The van der Waals surface area contributed by atoms with E-state index < -0.39 is 51.9 Å². The zero-order valence-electron chi connectivity index (χ0n) is 20.6. The van der Waals surface area contributed by atoms with Crippen molar-refractivity contribution in [3.05, 3.63) is 63.6 Å². The van der Waals surface area contributed by atoms with Gasteiger partial charge in [0, 0.05) is 17.6 Å². The summed E-state index contributed by atoms with van der Waals surface area (Å²) >= 11 is 12.0. The van der Waals surface area contributed by atoms with Crippen LogP contribution in [0.2, 0.25) is 10.0 Å². The number of halogens is 5. The highest BCUT2D eigenvalue weighted by atomic mass is 35.5. The highest BCUT2D eigenvalue weighted by Crippen LogP contribution is 2.36. The molecule has 13 heteroatoms. The molecule has 2 rings (SSSR count). The number of benzene rings is 2. The Morgan fingerprint density at radius 2 is 1.65 bits per heavy atom. The van der Waals surface area contributed by atoms with Crippen LogP contribution < -0.4 is 9.62 Å². The van der Waals surface area contributed by atoms with Crippen LogP contribution in [0.25, 0.3) is 0 Å². The van der Waals surface area contributed by atoms with E-state index in [4.69, 9.17) is 23.2 Å². The number of carbonyl (C=O) groups is 2. The standard InChI is InChI=1S/C24H28Cl2F3N3O4S/c1-5-15(2)30-23(34)16(3)31(13-17-6-9-19(25)10-7-17)22(33)14-32(37(4,35)36)21-12-18(24(27,28)29)8-11-20(21)26/h6-12,15-16H,5,13-14H2,1-4H3,(H,30,34)/t15-,16+/m1/s1. The minimum atomic E-state index is -4.77. The van der Waals surface area contributed by atoms with Crippen molar-refractivity contribution in [2.24, 2.45) is 0 Å². The zero-order valence-corrected chi connectivity index (χ0v) is 23.0. The minimum absolute atomic E-state index is 0.0843. The summed E-state index contributed by atoms with van der Waals surface area (Å²) in [5, 5.41) is 2.93. The monoisotopic (exact) mass is 581 g/mol. The normalized spacial score (nSPS) is 13.5. The lowest BCUT2D eigenvalue weighted by molar-refractivity contribution is -0.139. The molecule has 0 aliphatic heterocycles. The van der Waals surface area contributed by atoms with Crippen LogP contribution >= 0.6 is 23.2 Å². The number of nitrogens with zero attached hydrogens (tertiary/aromatic N) is 2. The lowest BCUT2D eigenvalue weighted by atomic mass is 10.1. The lowest BCUT2D eigenvalue weighted by Gasteiger charge is -2.32. The largest absolute Gasteiger partial charge is 0.416 e. The molecule has 0 bridgehead atoms. The van der Waals surface area contributed by atoms with Gasteiger partial charge in [-0.2, -0.15) is 13.2 Å². The van der Waals surface area contributed by atoms with E-state index in [1.165, 1.54) is 6.92 Å². The first-order valence-corrected chi connectivity index (χ1v) is 13.8. The molecular weight excluding hydrogens is 554 g/mol. The SMILES string of the molecule is CC[C@@H](C)NC(=O)[C@H](C)N(Cc1ccc(Cl)cc1)C(=O)CN(c1cc(C(F)(F)F)ccc1Cl)S(C)(=O)=O. The molecule has 2 amide bonds. The van der Waals surface area contributed by atoms with Crippen LogP contribution in [0.3, 0.4) is 0 Å². The molecule has 37 heavy (non-hydrogen) atoms. The van der Waals surface area contributed by atoms with E-state index in [9.17, 15) is 31.2 Å². The molecule has 0 fully saturated rings. The maximum absolute atomic E-state index is 13.5. The van der Waals surface area contributed by atoms with Gasteiger partial charge in [0.15, 0.2) is 0 Å². The Morgan fingerprint density at radius 3 is 2.16 bits per heavy atom. The second kappa shape index (κ2) is 12.4. The Balaban J connectivity index is 2.49. The number of hydrogen-bond donors (Lipinski definition) is 1. The molecular formula is C24H28Cl2F3N3O4S. The number of carbonyl (C=O) groups excluding carboxylic acids is 2. The molecule has 2 aromatic rings. The molecule has 1 N–H and O–H groups in total. The van der Waals surface area contributed by atoms with E-state index in [2.05, 4.69) is 5.32 Å². The van der Waals surface area contributed by atoms with Crippen molar-refractivity contribution in [2.45, 2.75) is 52.0 Å². The summed E-state index contributed by atoms with van der Waals surface area (Å²) in [7, 11) is -4.26. The van der Waals surface area contributed by atoms with Gasteiger partial charge >= 0.3 is 6.18 Å². The average Bonchev–Trinajstić information content (AvgIpc) is 2.80.